The second kappa shape index (κ2) is 7.61. The minimum Gasteiger partial charge on any atom is -0.465 e. The first kappa shape index (κ1) is 17.9. The fourth-order valence-electron chi connectivity index (χ4n) is 3.46. The first-order valence-corrected chi connectivity index (χ1v) is 9.24. The standard InChI is InChI=1S/C18H23N5O4/c1-2-25-16(24)13-23-20-17(19-21-23)14-3-5-15(6-4-14)22-9-7-18(8-10-22)26-11-12-27-18/h3-6H,2,7-13H2,1H3. The summed E-state index contributed by atoms with van der Waals surface area (Å²) in [6.45, 7) is 5.23. The van der Waals surface area contributed by atoms with Crippen molar-refractivity contribution >= 4 is 11.7 Å². The van der Waals surface area contributed by atoms with Crippen molar-refractivity contribution in [3.05, 3.63) is 24.3 Å². The van der Waals surface area contributed by atoms with Crippen molar-refractivity contribution in [1.82, 2.24) is 20.2 Å². The Labute approximate surface area is 157 Å². The zero-order chi connectivity index (χ0) is 18.7. The second-order valence-corrected chi connectivity index (χ2v) is 6.59. The van der Waals surface area contributed by atoms with E-state index in [9.17, 15) is 4.79 Å². The molecule has 2 aliphatic rings. The van der Waals surface area contributed by atoms with Gasteiger partial charge in [-0.05, 0) is 36.4 Å². The van der Waals surface area contributed by atoms with Gasteiger partial charge in [0.1, 0.15) is 0 Å². The molecule has 0 N–H and O–H groups in total. The summed E-state index contributed by atoms with van der Waals surface area (Å²) in [6.07, 6.45) is 1.75. The van der Waals surface area contributed by atoms with Crippen LogP contribution in [0.5, 0.6) is 0 Å². The number of tetrazole rings is 1. The molecule has 9 nitrogen and oxygen atoms in total. The highest BCUT2D eigenvalue weighted by Gasteiger charge is 2.39. The van der Waals surface area contributed by atoms with Gasteiger partial charge in [0.05, 0.1) is 19.8 Å². The number of ether oxygens (including phenoxy) is 3. The van der Waals surface area contributed by atoms with Gasteiger partial charge in [-0.1, -0.05) is 0 Å². The topological polar surface area (TPSA) is 91.6 Å². The van der Waals surface area contributed by atoms with E-state index >= 15 is 0 Å². The number of hydrogen-bond donors (Lipinski definition) is 0. The van der Waals surface area contributed by atoms with Gasteiger partial charge < -0.3 is 19.1 Å². The number of esters is 1. The molecule has 0 atom stereocenters. The Hall–Kier alpha value is -2.52. The third kappa shape index (κ3) is 3.93. The van der Waals surface area contributed by atoms with Crippen LogP contribution >= 0.6 is 0 Å². The molecule has 2 aliphatic heterocycles. The molecule has 2 saturated heterocycles. The number of anilines is 1. The summed E-state index contributed by atoms with van der Waals surface area (Å²) in [4.78, 5) is 15.1. The van der Waals surface area contributed by atoms with Gasteiger partial charge in [-0.3, -0.25) is 0 Å². The van der Waals surface area contributed by atoms with Crippen LogP contribution in [0.2, 0.25) is 0 Å². The van der Waals surface area contributed by atoms with Crippen molar-refractivity contribution in [2.45, 2.75) is 32.1 Å². The molecular formula is C18H23N5O4. The summed E-state index contributed by atoms with van der Waals surface area (Å²) in [6, 6.07) is 8.04. The van der Waals surface area contributed by atoms with Gasteiger partial charge in [-0.15, -0.1) is 10.2 Å². The number of piperidine rings is 1. The molecule has 1 spiro atoms. The Morgan fingerprint density at radius 2 is 1.89 bits per heavy atom. The summed E-state index contributed by atoms with van der Waals surface area (Å²) >= 11 is 0. The van der Waals surface area contributed by atoms with Crippen LogP contribution in [0.25, 0.3) is 11.4 Å². The lowest BCUT2D eigenvalue weighted by molar-refractivity contribution is -0.169. The van der Waals surface area contributed by atoms with Crippen molar-refractivity contribution < 1.29 is 19.0 Å². The molecule has 0 aliphatic carbocycles. The van der Waals surface area contributed by atoms with Crippen LogP contribution < -0.4 is 4.90 Å². The Morgan fingerprint density at radius 3 is 2.56 bits per heavy atom. The molecule has 2 fully saturated rings. The molecule has 144 valence electrons. The second-order valence-electron chi connectivity index (χ2n) is 6.59. The van der Waals surface area contributed by atoms with Gasteiger partial charge in [0, 0.05) is 37.2 Å². The van der Waals surface area contributed by atoms with Gasteiger partial charge in [0.15, 0.2) is 12.3 Å². The van der Waals surface area contributed by atoms with Crippen molar-refractivity contribution in [3.8, 4) is 11.4 Å². The van der Waals surface area contributed by atoms with E-state index in [0.717, 1.165) is 37.2 Å². The number of aromatic nitrogens is 4. The highest BCUT2D eigenvalue weighted by molar-refractivity contribution is 5.69. The average Bonchev–Trinajstić information content (AvgIpc) is 3.33. The molecule has 0 amide bonds. The third-order valence-electron chi connectivity index (χ3n) is 4.86. The predicted octanol–water partition coefficient (Wildman–Crippen LogP) is 1.25. The van der Waals surface area contributed by atoms with E-state index in [4.69, 9.17) is 14.2 Å². The number of hydrogen-bond acceptors (Lipinski definition) is 8. The van der Waals surface area contributed by atoms with Gasteiger partial charge in [0.25, 0.3) is 0 Å². The third-order valence-corrected chi connectivity index (χ3v) is 4.86. The first-order valence-electron chi connectivity index (χ1n) is 9.24. The predicted molar refractivity (Wildman–Crippen MR) is 96.0 cm³/mol. The van der Waals surface area contributed by atoms with Gasteiger partial charge >= 0.3 is 5.97 Å². The molecule has 1 aromatic heterocycles. The van der Waals surface area contributed by atoms with Crippen LogP contribution in [-0.2, 0) is 25.5 Å². The number of nitrogens with zero attached hydrogens (tertiary/aromatic N) is 5. The fraction of sp³-hybridized carbons (Fsp3) is 0.556. The molecule has 0 radical (unpaired) electrons. The largest absolute Gasteiger partial charge is 0.465 e. The Bertz CT molecular complexity index is 775. The summed E-state index contributed by atoms with van der Waals surface area (Å²) in [5.74, 6) is -0.260. The minimum absolute atomic E-state index is 0.0431. The summed E-state index contributed by atoms with van der Waals surface area (Å²) in [7, 11) is 0. The first-order chi connectivity index (χ1) is 13.2. The quantitative estimate of drug-likeness (QED) is 0.723. The lowest BCUT2D eigenvalue weighted by atomic mass is 10.0. The molecule has 1 aromatic carbocycles. The maximum atomic E-state index is 11.5. The van der Waals surface area contributed by atoms with Gasteiger partial charge in [0.2, 0.25) is 5.82 Å². The van der Waals surface area contributed by atoms with E-state index in [1.54, 1.807) is 6.92 Å². The highest BCUT2D eigenvalue weighted by Crippen LogP contribution is 2.33. The van der Waals surface area contributed by atoms with E-state index in [2.05, 4.69) is 32.4 Å². The fourth-order valence-corrected chi connectivity index (χ4v) is 3.46. The highest BCUT2D eigenvalue weighted by atomic mass is 16.7. The minimum atomic E-state index is -0.380. The maximum absolute atomic E-state index is 11.5. The van der Waals surface area contributed by atoms with Crippen molar-refractivity contribution in [2.75, 3.05) is 37.8 Å². The molecule has 0 saturated carbocycles. The molecule has 0 unspecified atom stereocenters. The van der Waals surface area contributed by atoms with E-state index in [-0.39, 0.29) is 18.3 Å². The zero-order valence-corrected chi connectivity index (χ0v) is 15.3. The van der Waals surface area contributed by atoms with Crippen molar-refractivity contribution in [3.63, 3.8) is 0 Å². The number of carbonyl (C=O) groups is 1. The number of benzene rings is 1. The van der Waals surface area contributed by atoms with Gasteiger partial charge in [-0.2, -0.15) is 4.80 Å². The van der Waals surface area contributed by atoms with Gasteiger partial charge in [-0.25, -0.2) is 4.79 Å². The lowest BCUT2D eigenvalue weighted by Gasteiger charge is -2.38. The van der Waals surface area contributed by atoms with Crippen LogP contribution in [0.4, 0.5) is 5.69 Å². The van der Waals surface area contributed by atoms with E-state index in [1.165, 1.54) is 4.80 Å². The lowest BCUT2D eigenvalue weighted by Crippen LogP contribution is -2.45. The summed E-state index contributed by atoms with van der Waals surface area (Å²) in [5.41, 5.74) is 2.00. The normalized spacial score (nSPS) is 18.8. The maximum Gasteiger partial charge on any atom is 0.329 e. The molecule has 2 aromatic rings. The zero-order valence-electron chi connectivity index (χ0n) is 15.3. The van der Waals surface area contributed by atoms with Crippen LogP contribution in [-0.4, -0.2) is 64.9 Å². The number of carbonyl (C=O) groups excluding carboxylic acids is 1. The molecule has 4 rings (SSSR count). The Balaban J connectivity index is 1.38. The average molecular weight is 373 g/mol. The molecule has 3 heterocycles. The molecule has 27 heavy (non-hydrogen) atoms. The smallest absolute Gasteiger partial charge is 0.329 e. The van der Waals surface area contributed by atoms with Crippen molar-refractivity contribution in [2.24, 2.45) is 0 Å². The van der Waals surface area contributed by atoms with Crippen LogP contribution in [0.1, 0.15) is 19.8 Å². The van der Waals surface area contributed by atoms with Crippen molar-refractivity contribution in [1.29, 1.82) is 0 Å². The van der Waals surface area contributed by atoms with E-state index in [0.29, 0.717) is 25.6 Å². The Kier molecular flexibility index (Phi) is 5.04. The van der Waals surface area contributed by atoms with Crippen LogP contribution in [0.15, 0.2) is 24.3 Å². The monoisotopic (exact) mass is 373 g/mol. The summed E-state index contributed by atoms with van der Waals surface area (Å²) in [5, 5.41) is 12.2. The number of rotatable bonds is 5. The molecular weight excluding hydrogens is 350 g/mol. The molecule has 0 bridgehead atoms. The van der Waals surface area contributed by atoms with E-state index in [1.807, 2.05) is 12.1 Å². The van der Waals surface area contributed by atoms with Crippen LogP contribution in [0.3, 0.4) is 0 Å². The van der Waals surface area contributed by atoms with Crippen LogP contribution in [0, 0.1) is 0 Å². The molecule has 9 heteroatoms. The Morgan fingerprint density at radius 1 is 1.19 bits per heavy atom. The SMILES string of the molecule is CCOC(=O)Cn1nnc(-c2ccc(N3CCC4(CC3)OCCO4)cc2)n1. The van der Waals surface area contributed by atoms with E-state index < -0.39 is 0 Å². The summed E-state index contributed by atoms with van der Waals surface area (Å²) < 4.78 is 16.4.